The van der Waals surface area contributed by atoms with E-state index >= 15 is 0 Å². The third-order valence-electron chi connectivity index (χ3n) is 8.02. The minimum atomic E-state index is -1.02. The zero-order chi connectivity index (χ0) is 23.3. The first-order valence-electron chi connectivity index (χ1n) is 11.1. The van der Waals surface area contributed by atoms with Gasteiger partial charge in [-0.25, -0.2) is 4.79 Å². The van der Waals surface area contributed by atoms with Gasteiger partial charge in [0.2, 0.25) is 0 Å². The van der Waals surface area contributed by atoms with E-state index in [1.807, 2.05) is 0 Å². The van der Waals surface area contributed by atoms with Gasteiger partial charge in [-0.1, -0.05) is 13.8 Å². The van der Waals surface area contributed by atoms with Crippen molar-refractivity contribution in [1.82, 2.24) is 0 Å². The van der Waals surface area contributed by atoms with Gasteiger partial charge in [0.25, 0.3) is 0 Å². The number of rotatable bonds is 6. The molecule has 2 fully saturated rings. The number of allylic oxidation sites excluding steroid dienone is 1. The summed E-state index contributed by atoms with van der Waals surface area (Å²) < 4.78 is 22.3. The van der Waals surface area contributed by atoms with Crippen LogP contribution in [0.3, 0.4) is 0 Å². The molecule has 0 radical (unpaired) electrons. The smallest absolute Gasteiger partial charge is 0.331 e. The summed E-state index contributed by atoms with van der Waals surface area (Å²) in [6, 6.07) is 0. The third kappa shape index (κ3) is 3.49. The number of carbonyl (C=O) groups excluding carboxylic acids is 4. The molecule has 2 aliphatic heterocycles. The van der Waals surface area contributed by atoms with Gasteiger partial charge in [-0.3, -0.25) is 14.4 Å². The van der Waals surface area contributed by atoms with E-state index in [2.05, 4.69) is 13.8 Å². The van der Waals surface area contributed by atoms with E-state index in [0.29, 0.717) is 25.9 Å². The summed E-state index contributed by atoms with van der Waals surface area (Å²) in [6.45, 7) is 7.35. The normalized spacial score (nSPS) is 39.9. The van der Waals surface area contributed by atoms with Crippen molar-refractivity contribution in [1.29, 1.82) is 0 Å². The Hall–Kier alpha value is -2.48. The van der Waals surface area contributed by atoms with Gasteiger partial charge in [0.15, 0.2) is 5.78 Å². The van der Waals surface area contributed by atoms with Crippen molar-refractivity contribution < 1.29 is 38.1 Å². The Morgan fingerprint density at radius 3 is 2.50 bits per heavy atom. The molecule has 8 nitrogen and oxygen atoms in total. The molecular weight excluding hydrogens is 416 g/mol. The second-order valence-corrected chi connectivity index (χ2v) is 9.82. The predicted octanol–water partition coefficient (Wildman–Crippen LogP) is 2.30. The predicted molar refractivity (Wildman–Crippen MR) is 111 cm³/mol. The summed E-state index contributed by atoms with van der Waals surface area (Å²) in [5.74, 6) is -1.91. The average Bonchev–Trinajstić information content (AvgIpc) is 3.38. The Balaban J connectivity index is 1.78. The fourth-order valence-electron chi connectivity index (χ4n) is 6.12. The molecule has 1 saturated carbocycles. The topological polar surface area (TPSA) is 108 Å². The molecule has 174 valence electrons. The lowest BCUT2D eigenvalue weighted by atomic mass is 9.43. The Morgan fingerprint density at radius 1 is 1.22 bits per heavy atom. The van der Waals surface area contributed by atoms with Crippen LogP contribution in [-0.2, 0) is 38.1 Å². The van der Waals surface area contributed by atoms with E-state index in [9.17, 15) is 19.2 Å². The minimum Gasteiger partial charge on any atom is -0.465 e. The highest BCUT2D eigenvalue weighted by Crippen LogP contribution is 2.67. The maximum Gasteiger partial charge on any atom is 0.331 e. The Morgan fingerprint density at radius 2 is 1.94 bits per heavy atom. The fraction of sp³-hybridized carbons (Fsp3) is 0.667. The summed E-state index contributed by atoms with van der Waals surface area (Å²) in [7, 11) is 0. The number of carbonyl (C=O) groups is 4. The lowest BCUT2D eigenvalue weighted by Crippen LogP contribution is -2.68. The molecule has 1 spiro atoms. The molecule has 2 heterocycles. The molecule has 2 aliphatic carbocycles. The second kappa shape index (κ2) is 7.83. The molecule has 0 unspecified atom stereocenters. The zero-order valence-corrected chi connectivity index (χ0v) is 19.0. The van der Waals surface area contributed by atoms with Crippen molar-refractivity contribution in [3.63, 3.8) is 0 Å². The third-order valence-corrected chi connectivity index (χ3v) is 8.02. The standard InChI is InChI=1S/C24H30O8/c1-14-9-19(32-16(3)26)24(13-30-15(2)25)21(18(27)6-8-23(24)12-31-23)22(14,4)7-5-17-10-20(28)29-11-17/h6,8,10,14,19,21H,5,7,9,11-13H2,1-4H3/t14-,19+,21-,22+,23+,24-/m1/s1. The summed E-state index contributed by atoms with van der Waals surface area (Å²) >= 11 is 0. The van der Waals surface area contributed by atoms with E-state index in [0.717, 1.165) is 5.57 Å². The van der Waals surface area contributed by atoms with Crippen molar-refractivity contribution in [2.45, 2.75) is 58.7 Å². The van der Waals surface area contributed by atoms with Crippen LogP contribution in [-0.4, -0.2) is 55.2 Å². The molecule has 0 N–H and O–H groups in total. The van der Waals surface area contributed by atoms with E-state index in [1.165, 1.54) is 19.9 Å². The van der Waals surface area contributed by atoms with Crippen LogP contribution in [0.1, 0.15) is 47.0 Å². The van der Waals surface area contributed by atoms with Crippen LogP contribution in [0.15, 0.2) is 23.8 Å². The van der Waals surface area contributed by atoms with Gasteiger partial charge in [0, 0.05) is 25.8 Å². The summed E-state index contributed by atoms with van der Waals surface area (Å²) in [5, 5.41) is 0. The molecule has 0 bridgehead atoms. The van der Waals surface area contributed by atoms with Gasteiger partial charge >= 0.3 is 17.9 Å². The molecule has 4 aliphatic rings. The molecule has 0 aromatic rings. The van der Waals surface area contributed by atoms with E-state index < -0.39 is 40.4 Å². The van der Waals surface area contributed by atoms with E-state index in [1.54, 1.807) is 12.2 Å². The summed E-state index contributed by atoms with van der Waals surface area (Å²) in [6.07, 6.45) is 5.93. The monoisotopic (exact) mass is 446 g/mol. The average molecular weight is 446 g/mol. The quantitative estimate of drug-likeness (QED) is 0.347. The Bertz CT molecular complexity index is 913. The molecule has 0 aromatic carbocycles. The first-order chi connectivity index (χ1) is 15.0. The first-order valence-corrected chi connectivity index (χ1v) is 11.1. The van der Waals surface area contributed by atoms with Gasteiger partial charge in [-0.2, -0.15) is 0 Å². The largest absolute Gasteiger partial charge is 0.465 e. The summed E-state index contributed by atoms with van der Waals surface area (Å²) in [4.78, 5) is 48.9. The number of ether oxygens (including phenoxy) is 4. The van der Waals surface area contributed by atoms with Gasteiger partial charge in [-0.05, 0) is 48.3 Å². The highest BCUT2D eigenvalue weighted by molar-refractivity contribution is 5.95. The Labute approximate surface area is 187 Å². The second-order valence-electron chi connectivity index (χ2n) is 9.82. The SMILES string of the molecule is CC(=O)OC[C@@]12[C@@H](OC(C)=O)C[C@@H](C)[C@](C)(CCC3=CC(=O)OC3)[C@H]1C(=O)C=C[C@]21CO1. The van der Waals surface area contributed by atoms with Gasteiger partial charge in [0.05, 0.1) is 12.0 Å². The van der Waals surface area contributed by atoms with Gasteiger partial charge in [0.1, 0.15) is 24.9 Å². The molecule has 8 heteroatoms. The van der Waals surface area contributed by atoms with Crippen molar-refractivity contribution >= 4 is 23.7 Å². The number of esters is 3. The number of fused-ring (bicyclic) bond motifs is 2. The molecule has 4 rings (SSSR count). The Kier molecular flexibility index (Phi) is 5.56. The molecule has 1 saturated heterocycles. The highest BCUT2D eigenvalue weighted by Gasteiger charge is 2.76. The number of epoxide rings is 1. The molecular formula is C24H30O8. The fourth-order valence-corrected chi connectivity index (χ4v) is 6.12. The van der Waals surface area contributed by atoms with Crippen molar-refractivity contribution in [3.05, 3.63) is 23.8 Å². The molecule has 0 amide bonds. The zero-order valence-electron chi connectivity index (χ0n) is 19.0. The molecule has 6 atom stereocenters. The van der Waals surface area contributed by atoms with Crippen LogP contribution in [0.5, 0.6) is 0 Å². The van der Waals surface area contributed by atoms with Crippen LogP contribution < -0.4 is 0 Å². The van der Waals surface area contributed by atoms with Crippen molar-refractivity contribution in [3.8, 4) is 0 Å². The number of cyclic esters (lactones) is 1. The molecule has 0 aromatic heterocycles. The van der Waals surface area contributed by atoms with Crippen LogP contribution in [0.2, 0.25) is 0 Å². The minimum absolute atomic E-state index is 0.0205. The van der Waals surface area contributed by atoms with Crippen LogP contribution in [0.4, 0.5) is 0 Å². The van der Waals surface area contributed by atoms with Crippen LogP contribution in [0, 0.1) is 22.7 Å². The summed E-state index contributed by atoms with van der Waals surface area (Å²) in [5.41, 5.74) is -1.46. The van der Waals surface area contributed by atoms with E-state index in [4.69, 9.17) is 18.9 Å². The van der Waals surface area contributed by atoms with Crippen molar-refractivity contribution in [2.75, 3.05) is 19.8 Å². The number of hydrogen-bond donors (Lipinski definition) is 0. The first kappa shape index (κ1) is 22.7. The maximum absolute atomic E-state index is 13.5. The molecule has 32 heavy (non-hydrogen) atoms. The van der Waals surface area contributed by atoms with Gasteiger partial charge < -0.3 is 18.9 Å². The lowest BCUT2D eigenvalue weighted by molar-refractivity contribution is -0.212. The van der Waals surface area contributed by atoms with E-state index in [-0.39, 0.29) is 30.9 Å². The highest BCUT2D eigenvalue weighted by atomic mass is 16.6. The number of hydrogen-bond acceptors (Lipinski definition) is 8. The van der Waals surface area contributed by atoms with Crippen molar-refractivity contribution in [2.24, 2.45) is 22.7 Å². The maximum atomic E-state index is 13.5. The number of ketones is 1. The van der Waals surface area contributed by atoms with Gasteiger partial charge in [-0.15, -0.1) is 0 Å². The van der Waals surface area contributed by atoms with Crippen LogP contribution >= 0.6 is 0 Å². The lowest BCUT2D eigenvalue weighted by Gasteiger charge is -2.60. The van der Waals surface area contributed by atoms with Crippen LogP contribution in [0.25, 0.3) is 0 Å².